The minimum absolute atomic E-state index is 0.0326. The average Bonchev–Trinajstić information content (AvgIpc) is 3.46. The SMILES string of the molecule is O=C(CCC(=O)N1CCc2cc(S(=O)(=O)NC[C@@H]3CCCO3)ccc21)N1CCOCC1. The Kier molecular flexibility index (Phi) is 6.90. The van der Waals surface area contributed by atoms with E-state index in [4.69, 9.17) is 9.47 Å². The lowest BCUT2D eigenvalue weighted by atomic mass is 10.2. The van der Waals surface area contributed by atoms with Crippen LogP contribution in [-0.4, -0.2) is 77.2 Å². The molecule has 3 aliphatic heterocycles. The number of nitrogens with zero attached hydrogens (tertiary/aromatic N) is 2. The Morgan fingerprint density at radius 3 is 2.58 bits per heavy atom. The minimum atomic E-state index is -3.63. The van der Waals surface area contributed by atoms with Crippen LogP contribution in [0.4, 0.5) is 5.69 Å². The van der Waals surface area contributed by atoms with E-state index in [-0.39, 0.29) is 42.2 Å². The van der Waals surface area contributed by atoms with Crippen LogP contribution in [0.3, 0.4) is 0 Å². The van der Waals surface area contributed by atoms with E-state index in [2.05, 4.69) is 4.72 Å². The number of hydrogen-bond donors (Lipinski definition) is 1. The van der Waals surface area contributed by atoms with E-state index in [9.17, 15) is 18.0 Å². The molecule has 1 N–H and O–H groups in total. The fourth-order valence-corrected chi connectivity index (χ4v) is 5.33. The summed E-state index contributed by atoms with van der Waals surface area (Å²) in [5.74, 6) is -0.151. The topological polar surface area (TPSA) is 105 Å². The largest absolute Gasteiger partial charge is 0.378 e. The Morgan fingerprint density at radius 2 is 1.84 bits per heavy atom. The van der Waals surface area contributed by atoms with Gasteiger partial charge in [0.05, 0.1) is 24.2 Å². The van der Waals surface area contributed by atoms with E-state index in [1.165, 1.54) is 6.07 Å². The second-order valence-electron chi connectivity index (χ2n) is 8.07. The van der Waals surface area contributed by atoms with Crippen molar-refractivity contribution in [1.82, 2.24) is 9.62 Å². The number of morpholine rings is 1. The maximum atomic E-state index is 12.7. The third-order valence-corrected chi connectivity index (χ3v) is 7.42. The van der Waals surface area contributed by atoms with E-state index in [0.29, 0.717) is 45.9 Å². The highest BCUT2D eigenvalue weighted by molar-refractivity contribution is 7.89. The van der Waals surface area contributed by atoms with Crippen molar-refractivity contribution in [3.63, 3.8) is 0 Å². The normalized spacial score (nSPS) is 21.4. The quantitative estimate of drug-likeness (QED) is 0.653. The van der Waals surface area contributed by atoms with Gasteiger partial charge in [0, 0.05) is 51.3 Å². The summed E-state index contributed by atoms with van der Waals surface area (Å²) in [7, 11) is -3.63. The summed E-state index contributed by atoms with van der Waals surface area (Å²) < 4.78 is 38.6. The summed E-state index contributed by atoms with van der Waals surface area (Å²) in [5.41, 5.74) is 1.55. The molecule has 10 heteroatoms. The molecule has 170 valence electrons. The van der Waals surface area contributed by atoms with Gasteiger partial charge in [-0.05, 0) is 43.0 Å². The third-order valence-electron chi connectivity index (χ3n) is 6.00. The van der Waals surface area contributed by atoms with Crippen LogP contribution in [0.1, 0.15) is 31.2 Å². The molecular formula is C21H29N3O6S. The predicted octanol–water partition coefficient (Wildman–Crippen LogP) is 0.672. The van der Waals surface area contributed by atoms with Crippen LogP contribution < -0.4 is 9.62 Å². The number of fused-ring (bicyclic) bond motifs is 1. The number of hydrogen-bond acceptors (Lipinski definition) is 6. The molecule has 2 amide bonds. The Balaban J connectivity index is 1.35. The number of rotatable bonds is 7. The first-order valence-electron chi connectivity index (χ1n) is 10.8. The molecule has 2 fully saturated rings. The minimum Gasteiger partial charge on any atom is -0.378 e. The number of nitrogens with one attached hydrogen (secondary N) is 1. The van der Waals surface area contributed by atoms with Crippen molar-refractivity contribution in [3.8, 4) is 0 Å². The molecule has 0 aromatic heterocycles. The molecule has 0 bridgehead atoms. The third kappa shape index (κ3) is 5.25. The summed E-state index contributed by atoms with van der Waals surface area (Å²) >= 11 is 0. The molecule has 1 aromatic rings. The monoisotopic (exact) mass is 451 g/mol. The second-order valence-corrected chi connectivity index (χ2v) is 9.83. The van der Waals surface area contributed by atoms with Gasteiger partial charge in [0.1, 0.15) is 0 Å². The van der Waals surface area contributed by atoms with Crippen LogP contribution in [0.5, 0.6) is 0 Å². The molecule has 3 heterocycles. The van der Waals surface area contributed by atoms with Gasteiger partial charge in [0.25, 0.3) is 0 Å². The van der Waals surface area contributed by atoms with Gasteiger partial charge < -0.3 is 19.3 Å². The molecule has 0 aliphatic carbocycles. The first-order valence-corrected chi connectivity index (χ1v) is 12.3. The van der Waals surface area contributed by atoms with Crippen LogP contribution in [0, 0.1) is 0 Å². The first-order chi connectivity index (χ1) is 14.9. The number of benzene rings is 1. The second kappa shape index (κ2) is 9.64. The van der Waals surface area contributed by atoms with Crippen molar-refractivity contribution < 1.29 is 27.5 Å². The van der Waals surface area contributed by atoms with Crippen LogP contribution in [0.15, 0.2) is 23.1 Å². The molecular weight excluding hydrogens is 422 g/mol. The number of anilines is 1. The zero-order chi connectivity index (χ0) is 21.8. The van der Waals surface area contributed by atoms with Gasteiger partial charge in [-0.1, -0.05) is 0 Å². The highest BCUT2D eigenvalue weighted by Gasteiger charge is 2.28. The molecule has 1 aromatic carbocycles. The predicted molar refractivity (Wildman–Crippen MR) is 113 cm³/mol. The van der Waals surface area contributed by atoms with E-state index in [0.717, 1.165) is 24.1 Å². The highest BCUT2D eigenvalue weighted by atomic mass is 32.2. The fraction of sp³-hybridized carbons (Fsp3) is 0.619. The Morgan fingerprint density at radius 1 is 1.06 bits per heavy atom. The van der Waals surface area contributed by atoms with Crippen molar-refractivity contribution in [1.29, 1.82) is 0 Å². The maximum Gasteiger partial charge on any atom is 0.240 e. The van der Waals surface area contributed by atoms with Gasteiger partial charge in [-0.25, -0.2) is 13.1 Å². The summed E-state index contributed by atoms with van der Waals surface area (Å²) in [4.78, 5) is 28.6. The molecule has 31 heavy (non-hydrogen) atoms. The number of sulfonamides is 1. The molecule has 0 radical (unpaired) electrons. The van der Waals surface area contributed by atoms with E-state index < -0.39 is 10.0 Å². The van der Waals surface area contributed by atoms with E-state index in [1.807, 2.05) is 0 Å². The zero-order valence-corrected chi connectivity index (χ0v) is 18.4. The first kappa shape index (κ1) is 22.2. The molecule has 1 atom stereocenters. The maximum absolute atomic E-state index is 12.7. The van der Waals surface area contributed by atoms with Gasteiger partial charge in [-0.2, -0.15) is 0 Å². The lowest BCUT2D eigenvalue weighted by Gasteiger charge is -2.27. The average molecular weight is 452 g/mol. The van der Waals surface area contributed by atoms with Gasteiger partial charge in [-0.3, -0.25) is 9.59 Å². The molecule has 4 rings (SSSR count). The smallest absolute Gasteiger partial charge is 0.240 e. The molecule has 0 unspecified atom stereocenters. The number of carbonyl (C=O) groups excluding carboxylic acids is 2. The van der Waals surface area contributed by atoms with Crippen molar-refractivity contribution in [2.75, 3.05) is 50.9 Å². The summed E-state index contributed by atoms with van der Waals surface area (Å²) in [6.45, 7) is 3.64. The lowest BCUT2D eigenvalue weighted by molar-refractivity contribution is -0.136. The van der Waals surface area contributed by atoms with Gasteiger partial charge in [0.15, 0.2) is 0 Å². The summed E-state index contributed by atoms with van der Waals surface area (Å²) in [6, 6.07) is 4.85. The van der Waals surface area contributed by atoms with Crippen molar-refractivity contribution in [3.05, 3.63) is 23.8 Å². The van der Waals surface area contributed by atoms with Crippen LogP contribution in [0.25, 0.3) is 0 Å². The summed E-state index contributed by atoms with van der Waals surface area (Å²) in [6.07, 6.45) is 2.64. The molecule has 0 spiro atoms. The van der Waals surface area contributed by atoms with Crippen molar-refractivity contribution in [2.24, 2.45) is 0 Å². The Labute approximate surface area is 182 Å². The number of carbonyl (C=O) groups is 2. The molecule has 3 aliphatic rings. The van der Waals surface area contributed by atoms with Gasteiger partial charge in [-0.15, -0.1) is 0 Å². The van der Waals surface area contributed by atoms with E-state index >= 15 is 0 Å². The molecule has 0 saturated carbocycles. The summed E-state index contributed by atoms with van der Waals surface area (Å²) in [5, 5.41) is 0. The standard InChI is InChI=1S/C21H29N3O6S/c25-20(23-9-12-29-13-10-23)5-6-21(26)24-8-7-16-14-18(3-4-19(16)24)31(27,28)22-15-17-2-1-11-30-17/h3-4,14,17,22H,1-2,5-13,15H2/t17-/m0/s1. The number of amides is 2. The van der Waals surface area contributed by atoms with E-state index in [1.54, 1.807) is 21.9 Å². The van der Waals surface area contributed by atoms with Crippen LogP contribution >= 0.6 is 0 Å². The zero-order valence-electron chi connectivity index (χ0n) is 17.5. The molecule has 9 nitrogen and oxygen atoms in total. The number of ether oxygens (including phenoxy) is 2. The molecule has 2 saturated heterocycles. The lowest BCUT2D eigenvalue weighted by Crippen LogP contribution is -2.41. The van der Waals surface area contributed by atoms with Gasteiger partial charge in [0.2, 0.25) is 21.8 Å². The van der Waals surface area contributed by atoms with Crippen molar-refractivity contribution in [2.45, 2.75) is 43.1 Å². The fourth-order valence-electron chi connectivity index (χ4n) is 4.22. The Bertz CT molecular complexity index is 923. The van der Waals surface area contributed by atoms with Crippen LogP contribution in [0.2, 0.25) is 0 Å². The van der Waals surface area contributed by atoms with Crippen molar-refractivity contribution >= 4 is 27.5 Å². The Hall–Kier alpha value is -2.01. The van der Waals surface area contributed by atoms with Crippen LogP contribution in [-0.2, 0) is 35.5 Å². The van der Waals surface area contributed by atoms with Gasteiger partial charge >= 0.3 is 0 Å². The highest BCUT2D eigenvalue weighted by Crippen LogP contribution is 2.31.